The molecule has 0 aromatic heterocycles. The molecule has 0 spiro atoms. The summed E-state index contributed by atoms with van der Waals surface area (Å²) in [6.07, 6.45) is 4.57. The van der Waals surface area contributed by atoms with Crippen molar-refractivity contribution >= 4 is 18.6 Å². The van der Waals surface area contributed by atoms with Crippen molar-refractivity contribution in [3.05, 3.63) is 76.9 Å². The number of benzene rings is 2. The number of amides is 1. The van der Waals surface area contributed by atoms with Crippen LogP contribution in [-0.4, -0.2) is 12.6 Å². The van der Waals surface area contributed by atoms with Gasteiger partial charge in [0.15, 0.2) is 0 Å². The van der Waals surface area contributed by atoms with E-state index >= 15 is 0 Å². The van der Waals surface area contributed by atoms with Crippen molar-refractivity contribution in [3.8, 4) is 0 Å². The molecule has 1 aliphatic rings. The summed E-state index contributed by atoms with van der Waals surface area (Å²) in [5.41, 5.74) is 4.73. The summed E-state index contributed by atoms with van der Waals surface area (Å²) in [7, 11) is 0. The van der Waals surface area contributed by atoms with Gasteiger partial charge in [0, 0.05) is 0 Å². The van der Waals surface area contributed by atoms with Gasteiger partial charge in [0.25, 0.3) is 0 Å². The number of carbonyl (C=O) groups excluding carboxylic acids is 1. The van der Waals surface area contributed by atoms with Gasteiger partial charge >= 0.3 is 159 Å². The molecule has 0 saturated carbocycles. The maximum absolute atomic E-state index is 13.1. The van der Waals surface area contributed by atoms with Crippen LogP contribution in [0.25, 0.3) is 6.08 Å². The van der Waals surface area contributed by atoms with E-state index in [1.165, 1.54) is 11.1 Å². The molecule has 0 saturated heterocycles. The van der Waals surface area contributed by atoms with Gasteiger partial charge in [-0.3, -0.25) is 0 Å². The molecule has 1 amide bonds. The van der Waals surface area contributed by atoms with Gasteiger partial charge in [0.2, 0.25) is 0 Å². The fraction of sp³-hybridized carbons (Fsp3) is 0.286. The normalized spacial score (nSPS) is 14.4. The second-order valence-electron chi connectivity index (χ2n) is 7.27. The van der Waals surface area contributed by atoms with Crippen molar-refractivity contribution in [2.75, 3.05) is 0 Å². The minimum Gasteiger partial charge on any atom is -1.00 e. The van der Waals surface area contributed by atoms with Crippen LogP contribution in [0.15, 0.2) is 54.6 Å². The first kappa shape index (κ1) is 24.2. The third-order valence-corrected chi connectivity index (χ3v) is 16.6. The number of nitrogens with one attached hydrogen (secondary N) is 1. The quantitative estimate of drug-likeness (QED) is 0.567. The monoisotopic (exact) mass is 454 g/mol. The number of hydrogen-bond donors (Lipinski definition) is 1. The summed E-state index contributed by atoms with van der Waals surface area (Å²) in [4.78, 5) is 13.1. The summed E-state index contributed by atoms with van der Waals surface area (Å²) >= 11 is -1.75. The van der Waals surface area contributed by atoms with Gasteiger partial charge in [0.1, 0.15) is 0 Å². The second kappa shape index (κ2) is 10.6. The van der Waals surface area contributed by atoms with Crippen molar-refractivity contribution < 1.29 is 47.0 Å². The molecule has 1 unspecified atom stereocenters. The van der Waals surface area contributed by atoms with E-state index in [2.05, 4.69) is 73.2 Å². The van der Waals surface area contributed by atoms with Crippen LogP contribution in [0.2, 0.25) is 13.1 Å². The Kier molecular flexibility index (Phi) is 9.53. The van der Waals surface area contributed by atoms with Gasteiger partial charge in [0.05, 0.1) is 0 Å². The van der Waals surface area contributed by atoms with Crippen molar-refractivity contribution in [3.63, 3.8) is 0 Å². The standard InChI is InChI=1S/C10H13NO.C9H7.C2H7Si.2ClH.Ti/c1-7(2)8-5-3-4-6-9(8)10(11)12;1-2-5-9-7-3-6-8(9)4-1;1-3-2;;;/h3-7H,1-2H3,(H2,11,12);1-7H;3H,1-2H3;2*1H;/q;;;;;+3/p-3. The average Bonchev–Trinajstić information content (AvgIpc) is 3.03. The van der Waals surface area contributed by atoms with Gasteiger partial charge in [-0.25, -0.2) is 0 Å². The van der Waals surface area contributed by atoms with E-state index in [0.29, 0.717) is 10.1 Å². The molecular weight excluding hydrogens is 429 g/mol. The maximum Gasteiger partial charge on any atom is -1.00 e. The van der Waals surface area contributed by atoms with Crippen LogP contribution in [0.3, 0.4) is 0 Å². The number of halogens is 2. The number of carbonyl (C=O) groups is 1. The number of hydrogen-bond acceptors (Lipinski definition) is 1. The second-order valence-corrected chi connectivity index (χ2v) is 20.3. The Bertz CT molecular complexity index is 810. The molecule has 0 aliphatic heterocycles. The topological polar surface area (TPSA) is 29.1 Å². The Labute approximate surface area is 182 Å². The predicted molar refractivity (Wildman–Crippen MR) is 105 cm³/mol. The largest absolute Gasteiger partial charge is 1.00 e. The van der Waals surface area contributed by atoms with Crippen LogP contribution >= 0.6 is 0 Å². The van der Waals surface area contributed by atoms with E-state index in [1.54, 1.807) is 0 Å². The zero-order chi connectivity index (χ0) is 18.0. The molecule has 2 aromatic carbocycles. The number of allylic oxidation sites excluding steroid dienone is 1. The zero-order valence-corrected chi connectivity index (χ0v) is 20.4. The van der Waals surface area contributed by atoms with Crippen molar-refractivity contribution in [1.29, 1.82) is 0 Å². The molecule has 1 N–H and O–H groups in total. The zero-order valence-electron chi connectivity index (χ0n) is 16.2. The Morgan fingerprint density at radius 3 is 2.33 bits per heavy atom. The first-order chi connectivity index (χ1) is 12.0. The molecule has 2 aromatic rings. The Balaban J connectivity index is 0.00000182. The molecule has 0 bridgehead atoms. The Morgan fingerprint density at radius 2 is 1.67 bits per heavy atom. The van der Waals surface area contributed by atoms with Crippen LogP contribution in [-0.2, 0) is 17.4 Å². The Morgan fingerprint density at radius 1 is 1.04 bits per heavy atom. The number of rotatable bonds is 5. The smallest absolute Gasteiger partial charge is 1.00 e. The number of fused-ring (bicyclic) bond motifs is 1. The fourth-order valence-corrected chi connectivity index (χ4v) is 13.2. The first-order valence-electron chi connectivity index (χ1n) is 9.03. The molecule has 0 radical (unpaired) electrons. The molecular formula is C21H26Cl2NOSiTi. The van der Waals surface area contributed by atoms with E-state index in [1.807, 2.05) is 18.2 Å². The van der Waals surface area contributed by atoms with Gasteiger partial charge in [-0.05, 0) is 0 Å². The summed E-state index contributed by atoms with van der Waals surface area (Å²) in [6.45, 7) is 8.14. The van der Waals surface area contributed by atoms with E-state index in [9.17, 15) is 4.79 Å². The minimum atomic E-state index is -1.75. The fourth-order valence-electron chi connectivity index (χ4n) is 3.51. The van der Waals surface area contributed by atoms with Gasteiger partial charge in [-0.1, -0.05) is 0 Å². The van der Waals surface area contributed by atoms with Crippen LogP contribution in [0.4, 0.5) is 0 Å². The summed E-state index contributed by atoms with van der Waals surface area (Å²) in [5.74, 6) is 0.493. The van der Waals surface area contributed by atoms with Crippen molar-refractivity contribution in [1.82, 2.24) is 3.80 Å². The molecule has 6 heteroatoms. The summed E-state index contributed by atoms with van der Waals surface area (Å²) in [5, 5.41) is 0. The van der Waals surface area contributed by atoms with Crippen LogP contribution in [0.5, 0.6) is 0 Å². The molecule has 143 valence electrons. The molecule has 3 rings (SSSR count). The summed E-state index contributed by atoms with van der Waals surface area (Å²) in [6, 6.07) is 16.7. The van der Waals surface area contributed by atoms with Crippen LogP contribution in [0.1, 0.15) is 51.0 Å². The first-order valence-corrected chi connectivity index (χ1v) is 16.3. The van der Waals surface area contributed by atoms with E-state index in [-0.39, 0.29) is 30.7 Å². The third kappa shape index (κ3) is 5.36. The average molecular weight is 455 g/mol. The van der Waals surface area contributed by atoms with E-state index in [4.69, 9.17) is 0 Å². The molecule has 0 fully saturated rings. The molecule has 1 aliphatic carbocycles. The van der Waals surface area contributed by atoms with E-state index < -0.39 is 24.0 Å². The maximum atomic E-state index is 13.1. The van der Waals surface area contributed by atoms with Gasteiger partial charge in [-0.15, -0.1) is 0 Å². The van der Waals surface area contributed by atoms with E-state index in [0.717, 1.165) is 11.1 Å². The van der Waals surface area contributed by atoms with Crippen LogP contribution in [0, 0.1) is 0 Å². The van der Waals surface area contributed by atoms with Crippen LogP contribution < -0.4 is 28.6 Å². The molecule has 27 heavy (non-hydrogen) atoms. The molecule has 1 atom stereocenters. The van der Waals surface area contributed by atoms with Crippen molar-refractivity contribution in [2.45, 2.75) is 37.1 Å². The summed E-state index contributed by atoms with van der Waals surface area (Å²) < 4.78 is 4.01. The van der Waals surface area contributed by atoms with Gasteiger partial charge < -0.3 is 24.8 Å². The third-order valence-electron chi connectivity index (χ3n) is 4.84. The van der Waals surface area contributed by atoms with Gasteiger partial charge in [-0.2, -0.15) is 0 Å². The minimum absolute atomic E-state index is 0. The van der Waals surface area contributed by atoms with Crippen molar-refractivity contribution in [2.24, 2.45) is 0 Å². The SMILES string of the molecule is CC(C)c1ccccc1C(=O)[NH][Ti+2]([CH]1C=Cc2ccccc21)[SiH](C)C.[Cl-].[Cl-]. The Hall–Kier alpha value is -0.839. The predicted octanol–water partition coefficient (Wildman–Crippen LogP) is -1.17. The molecule has 0 heterocycles. The molecule has 2 nitrogen and oxygen atoms in total.